The van der Waals surface area contributed by atoms with Gasteiger partial charge in [-0.2, -0.15) is 0 Å². The van der Waals surface area contributed by atoms with Gasteiger partial charge in [-0.3, -0.25) is 10.1 Å². The average Bonchev–Trinajstić information content (AvgIpc) is 2.43. The molecule has 0 radical (unpaired) electrons. The number of urea groups is 1. The number of carbonyl (C=O) groups is 3. The van der Waals surface area contributed by atoms with Crippen LogP contribution in [0.2, 0.25) is 0 Å². The Bertz CT molecular complexity index is 526. The highest BCUT2D eigenvalue weighted by molar-refractivity contribution is 5.97. The Balaban J connectivity index is 2.38. The Morgan fingerprint density at radius 3 is 2.48 bits per heavy atom. The topological polar surface area (TPSA) is 84.5 Å². The van der Waals surface area contributed by atoms with Gasteiger partial charge in [-0.15, -0.1) is 0 Å². The van der Waals surface area contributed by atoms with Crippen molar-refractivity contribution in [1.82, 2.24) is 10.6 Å². The fraction of sp³-hybridized carbons (Fsp3) is 0.400. The van der Waals surface area contributed by atoms with Crippen molar-refractivity contribution >= 4 is 17.9 Å². The quantitative estimate of drug-likeness (QED) is 0.808. The third-order valence-corrected chi connectivity index (χ3v) is 2.62. The molecule has 6 heteroatoms. The van der Waals surface area contributed by atoms with Crippen LogP contribution in [0.4, 0.5) is 4.79 Å². The average molecular weight is 292 g/mol. The Kier molecular flexibility index (Phi) is 6.39. The molecular formula is C15H20N2O4. The molecular weight excluding hydrogens is 272 g/mol. The molecule has 1 aromatic carbocycles. The van der Waals surface area contributed by atoms with Gasteiger partial charge in [-0.05, 0) is 24.5 Å². The van der Waals surface area contributed by atoms with E-state index >= 15 is 0 Å². The number of nitrogens with one attached hydrogen (secondary N) is 2. The largest absolute Gasteiger partial charge is 0.452 e. The number of hydrogen-bond donors (Lipinski definition) is 2. The summed E-state index contributed by atoms with van der Waals surface area (Å²) in [5, 5.41) is 4.62. The molecule has 1 rings (SSSR count). The van der Waals surface area contributed by atoms with Gasteiger partial charge >= 0.3 is 12.0 Å². The van der Waals surface area contributed by atoms with Crippen LogP contribution in [0, 0.1) is 12.8 Å². The highest BCUT2D eigenvalue weighted by Gasteiger charge is 2.13. The minimum atomic E-state index is -0.668. The van der Waals surface area contributed by atoms with E-state index in [4.69, 9.17) is 4.74 Å². The van der Waals surface area contributed by atoms with Crippen LogP contribution >= 0.6 is 0 Å². The number of amides is 3. The monoisotopic (exact) mass is 292 g/mol. The smallest absolute Gasteiger partial charge is 0.338 e. The summed E-state index contributed by atoms with van der Waals surface area (Å²) in [6, 6.07) is 6.31. The van der Waals surface area contributed by atoms with Crippen LogP contribution in [0.25, 0.3) is 0 Å². The number of esters is 1. The van der Waals surface area contributed by atoms with Crippen molar-refractivity contribution in [2.45, 2.75) is 20.8 Å². The van der Waals surface area contributed by atoms with Crippen molar-refractivity contribution in [2.75, 3.05) is 13.2 Å². The van der Waals surface area contributed by atoms with E-state index in [9.17, 15) is 14.4 Å². The van der Waals surface area contributed by atoms with Crippen molar-refractivity contribution in [3.8, 4) is 0 Å². The summed E-state index contributed by atoms with van der Waals surface area (Å²) < 4.78 is 4.87. The van der Waals surface area contributed by atoms with Gasteiger partial charge in [-0.25, -0.2) is 9.59 Å². The van der Waals surface area contributed by atoms with Crippen LogP contribution in [0.1, 0.15) is 29.8 Å². The fourth-order valence-corrected chi connectivity index (χ4v) is 1.51. The van der Waals surface area contributed by atoms with Crippen LogP contribution in [0.3, 0.4) is 0 Å². The number of aryl methyl sites for hydroxylation is 1. The third-order valence-electron chi connectivity index (χ3n) is 2.62. The zero-order valence-electron chi connectivity index (χ0n) is 12.4. The zero-order chi connectivity index (χ0) is 15.8. The van der Waals surface area contributed by atoms with E-state index in [1.807, 2.05) is 13.8 Å². The molecule has 114 valence electrons. The van der Waals surface area contributed by atoms with Gasteiger partial charge in [0.05, 0.1) is 5.56 Å². The first kappa shape index (κ1) is 16.7. The number of ether oxygens (including phenoxy) is 1. The van der Waals surface area contributed by atoms with Crippen molar-refractivity contribution in [3.63, 3.8) is 0 Å². The number of rotatable bonds is 5. The van der Waals surface area contributed by atoms with E-state index in [0.29, 0.717) is 12.1 Å². The molecule has 3 amide bonds. The summed E-state index contributed by atoms with van der Waals surface area (Å²) in [7, 11) is 0. The molecule has 0 spiro atoms. The van der Waals surface area contributed by atoms with Crippen LogP contribution in [0.15, 0.2) is 24.3 Å². The lowest BCUT2D eigenvalue weighted by molar-refractivity contribution is -0.123. The fourth-order valence-electron chi connectivity index (χ4n) is 1.51. The maximum atomic E-state index is 11.8. The van der Waals surface area contributed by atoms with Gasteiger partial charge in [-0.1, -0.05) is 32.0 Å². The first-order valence-electron chi connectivity index (χ1n) is 6.70. The molecule has 21 heavy (non-hydrogen) atoms. The SMILES string of the molecule is Cc1ccccc1C(=O)OCC(=O)NC(=O)NCC(C)C. The molecule has 0 aliphatic heterocycles. The van der Waals surface area contributed by atoms with E-state index < -0.39 is 24.5 Å². The Morgan fingerprint density at radius 1 is 1.19 bits per heavy atom. The summed E-state index contributed by atoms with van der Waals surface area (Å²) in [5.41, 5.74) is 1.16. The molecule has 0 aliphatic rings. The summed E-state index contributed by atoms with van der Waals surface area (Å²) in [6.45, 7) is 5.61. The second-order valence-corrected chi connectivity index (χ2v) is 5.04. The van der Waals surface area contributed by atoms with Crippen LogP contribution in [-0.2, 0) is 9.53 Å². The van der Waals surface area contributed by atoms with Gasteiger partial charge in [0.15, 0.2) is 6.61 Å². The Morgan fingerprint density at radius 2 is 1.86 bits per heavy atom. The zero-order valence-corrected chi connectivity index (χ0v) is 12.4. The molecule has 0 aliphatic carbocycles. The van der Waals surface area contributed by atoms with Crippen LogP contribution < -0.4 is 10.6 Å². The van der Waals surface area contributed by atoms with Crippen molar-refractivity contribution in [1.29, 1.82) is 0 Å². The van der Waals surface area contributed by atoms with E-state index in [1.165, 1.54) is 0 Å². The summed E-state index contributed by atoms with van der Waals surface area (Å²) in [5.74, 6) is -0.978. The van der Waals surface area contributed by atoms with Gasteiger partial charge < -0.3 is 10.1 Å². The predicted octanol–water partition coefficient (Wildman–Crippen LogP) is 1.63. The van der Waals surface area contributed by atoms with Gasteiger partial charge in [0.1, 0.15) is 0 Å². The summed E-state index contributed by atoms with van der Waals surface area (Å²) in [6.07, 6.45) is 0. The molecule has 2 N–H and O–H groups in total. The standard InChI is InChI=1S/C15H20N2O4/c1-10(2)8-16-15(20)17-13(18)9-21-14(19)12-7-5-4-6-11(12)3/h4-7,10H,8-9H2,1-3H3,(H2,16,17,18,20). The number of imide groups is 1. The highest BCUT2D eigenvalue weighted by Crippen LogP contribution is 2.08. The molecule has 0 aromatic heterocycles. The second kappa shape index (κ2) is 8.04. The third kappa shape index (κ3) is 6.07. The number of carbonyl (C=O) groups excluding carboxylic acids is 3. The van der Waals surface area contributed by atoms with Crippen LogP contribution in [0.5, 0.6) is 0 Å². The lowest BCUT2D eigenvalue weighted by atomic mass is 10.1. The summed E-state index contributed by atoms with van der Waals surface area (Å²) in [4.78, 5) is 34.6. The minimum absolute atomic E-state index is 0.282. The number of benzene rings is 1. The van der Waals surface area contributed by atoms with Gasteiger partial charge in [0, 0.05) is 6.54 Å². The van der Waals surface area contributed by atoms with E-state index in [2.05, 4.69) is 10.6 Å². The summed E-state index contributed by atoms with van der Waals surface area (Å²) >= 11 is 0. The first-order chi connectivity index (χ1) is 9.90. The molecule has 0 unspecified atom stereocenters. The molecule has 0 saturated heterocycles. The van der Waals surface area contributed by atoms with E-state index in [-0.39, 0.29) is 5.92 Å². The molecule has 0 bridgehead atoms. The lowest BCUT2D eigenvalue weighted by Crippen LogP contribution is -2.42. The first-order valence-corrected chi connectivity index (χ1v) is 6.70. The molecule has 0 saturated carbocycles. The van der Waals surface area contributed by atoms with Crippen molar-refractivity contribution in [2.24, 2.45) is 5.92 Å². The lowest BCUT2D eigenvalue weighted by Gasteiger charge is -2.09. The molecule has 6 nitrogen and oxygen atoms in total. The Hall–Kier alpha value is -2.37. The predicted molar refractivity (Wildman–Crippen MR) is 77.8 cm³/mol. The maximum Gasteiger partial charge on any atom is 0.338 e. The molecule has 0 heterocycles. The molecule has 0 atom stereocenters. The maximum absolute atomic E-state index is 11.8. The minimum Gasteiger partial charge on any atom is -0.452 e. The number of hydrogen-bond acceptors (Lipinski definition) is 4. The highest BCUT2D eigenvalue weighted by atomic mass is 16.5. The van der Waals surface area contributed by atoms with E-state index in [1.54, 1.807) is 31.2 Å². The normalized spacial score (nSPS) is 10.1. The molecule has 1 aromatic rings. The van der Waals surface area contributed by atoms with Crippen LogP contribution in [-0.4, -0.2) is 31.1 Å². The van der Waals surface area contributed by atoms with Gasteiger partial charge in [0.25, 0.3) is 5.91 Å². The van der Waals surface area contributed by atoms with E-state index in [0.717, 1.165) is 5.56 Å². The van der Waals surface area contributed by atoms with Crippen molar-refractivity contribution in [3.05, 3.63) is 35.4 Å². The Labute approximate surface area is 123 Å². The molecule has 0 fully saturated rings. The van der Waals surface area contributed by atoms with Gasteiger partial charge in [0.2, 0.25) is 0 Å². The second-order valence-electron chi connectivity index (χ2n) is 5.04. The van der Waals surface area contributed by atoms with Crippen molar-refractivity contribution < 1.29 is 19.1 Å².